The summed E-state index contributed by atoms with van der Waals surface area (Å²) in [4.78, 5) is 25.1. The number of benzene rings is 2. The van der Waals surface area contributed by atoms with Gasteiger partial charge in [0, 0.05) is 16.7 Å². The highest BCUT2D eigenvalue weighted by atomic mass is 35.5. The molecule has 0 spiro atoms. The third-order valence-corrected chi connectivity index (χ3v) is 3.96. The molecule has 1 N–H and O–H groups in total. The average Bonchev–Trinajstić information content (AvgIpc) is 2.71. The van der Waals surface area contributed by atoms with E-state index in [-0.39, 0.29) is 16.2 Å². The van der Waals surface area contributed by atoms with Crippen LogP contribution in [-0.2, 0) is 9.59 Å². The Morgan fingerprint density at radius 2 is 1.67 bits per heavy atom. The minimum atomic E-state index is -1.13. The average molecular weight is 370 g/mol. The molecule has 3 rings (SSSR count). The van der Waals surface area contributed by atoms with Gasteiger partial charge in [0.25, 0.3) is 5.91 Å². The zero-order chi connectivity index (χ0) is 17.6. The molecule has 0 aliphatic carbocycles. The van der Waals surface area contributed by atoms with Crippen LogP contribution in [0.1, 0.15) is 5.56 Å². The van der Waals surface area contributed by atoms with Gasteiger partial charge in [-0.15, -0.1) is 0 Å². The number of aliphatic hydroxyl groups is 1. The molecule has 1 heterocycles. The van der Waals surface area contributed by atoms with Crippen LogP contribution < -0.4 is 4.90 Å². The Kier molecular flexibility index (Phi) is 4.03. The number of rotatable bonds is 2. The molecule has 1 aliphatic rings. The molecule has 24 heavy (non-hydrogen) atoms. The summed E-state index contributed by atoms with van der Waals surface area (Å²) in [6.45, 7) is 0. The van der Waals surface area contributed by atoms with Crippen LogP contribution in [-0.4, -0.2) is 16.9 Å². The molecule has 2 aromatic rings. The fraction of sp³-hybridized carbons (Fsp3) is 0. The van der Waals surface area contributed by atoms with Crippen molar-refractivity contribution in [1.82, 2.24) is 0 Å². The molecule has 0 fully saturated rings. The van der Waals surface area contributed by atoms with E-state index >= 15 is 0 Å². The van der Waals surface area contributed by atoms with E-state index in [1.165, 1.54) is 18.2 Å². The molecule has 0 saturated heterocycles. The van der Waals surface area contributed by atoms with Crippen molar-refractivity contribution in [2.45, 2.75) is 0 Å². The van der Waals surface area contributed by atoms with Crippen molar-refractivity contribution in [2.24, 2.45) is 0 Å². The Bertz CT molecular complexity index is 928. The summed E-state index contributed by atoms with van der Waals surface area (Å²) >= 11 is 11.8. The molecular weight excluding hydrogens is 363 g/mol. The van der Waals surface area contributed by atoms with Crippen molar-refractivity contribution in [1.29, 1.82) is 0 Å². The Morgan fingerprint density at radius 1 is 0.958 bits per heavy atom. The van der Waals surface area contributed by atoms with Gasteiger partial charge in [-0.3, -0.25) is 9.59 Å². The molecule has 0 saturated carbocycles. The van der Waals surface area contributed by atoms with Gasteiger partial charge in [0.15, 0.2) is 5.76 Å². The van der Waals surface area contributed by atoms with Gasteiger partial charge >= 0.3 is 5.91 Å². The van der Waals surface area contributed by atoms with Crippen molar-refractivity contribution in [3.05, 3.63) is 69.4 Å². The van der Waals surface area contributed by atoms with Gasteiger partial charge in [0.2, 0.25) is 0 Å². The third-order valence-electron chi connectivity index (χ3n) is 3.41. The number of nitrogens with zero attached hydrogens (tertiary/aromatic N) is 1. The first-order valence-electron chi connectivity index (χ1n) is 6.53. The summed E-state index contributed by atoms with van der Waals surface area (Å²) < 4.78 is 26.9. The SMILES string of the molecule is O=C1C(O)=C(c2ccc(Cl)cc2Cl)C(=O)N1c1ccc(F)cc1F. The van der Waals surface area contributed by atoms with Crippen molar-refractivity contribution in [2.75, 3.05) is 4.90 Å². The van der Waals surface area contributed by atoms with Crippen LogP contribution in [0.5, 0.6) is 0 Å². The maximum Gasteiger partial charge on any atom is 0.301 e. The molecule has 2 aromatic carbocycles. The number of halogens is 4. The topological polar surface area (TPSA) is 57.6 Å². The smallest absolute Gasteiger partial charge is 0.301 e. The largest absolute Gasteiger partial charge is 0.502 e. The maximum atomic E-state index is 13.9. The van der Waals surface area contributed by atoms with Crippen LogP contribution in [0.4, 0.5) is 14.5 Å². The Labute approximate surface area is 144 Å². The van der Waals surface area contributed by atoms with Crippen molar-refractivity contribution >= 4 is 46.3 Å². The fourth-order valence-electron chi connectivity index (χ4n) is 2.33. The number of carbonyl (C=O) groups is 2. The Balaban J connectivity index is 2.11. The lowest BCUT2D eigenvalue weighted by atomic mass is 10.1. The van der Waals surface area contributed by atoms with Gasteiger partial charge in [-0.2, -0.15) is 0 Å². The van der Waals surface area contributed by atoms with E-state index < -0.39 is 34.9 Å². The van der Waals surface area contributed by atoms with E-state index in [4.69, 9.17) is 23.2 Å². The first-order valence-corrected chi connectivity index (χ1v) is 7.29. The fourth-order valence-corrected chi connectivity index (χ4v) is 2.84. The van der Waals surface area contributed by atoms with Gasteiger partial charge in [-0.1, -0.05) is 29.3 Å². The summed E-state index contributed by atoms with van der Waals surface area (Å²) in [5, 5.41) is 10.4. The minimum Gasteiger partial charge on any atom is -0.502 e. The number of amides is 2. The molecule has 0 unspecified atom stereocenters. The van der Waals surface area contributed by atoms with Gasteiger partial charge < -0.3 is 5.11 Å². The van der Waals surface area contributed by atoms with E-state index in [1.807, 2.05) is 0 Å². The summed E-state index contributed by atoms with van der Waals surface area (Å²) in [6.07, 6.45) is 0. The van der Waals surface area contributed by atoms with Crippen LogP contribution in [0.2, 0.25) is 10.0 Å². The highest BCUT2D eigenvalue weighted by molar-refractivity contribution is 6.47. The molecule has 0 bridgehead atoms. The minimum absolute atomic E-state index is 0.0339. The Hall–Kier alpha value is -2.44. The van der Waals surface area contributed by atoms with Crippen LogP contribution in [0.3, 0.4) is 0 Å². The standard InChI is InChI=1S/C16H7Cl2F2NO3/c17-7-1-3-9(10(18)5-7)13-14(22)16(24)21(15(13)23)12-4-2-8(19)6-11(12)20/h1-6,22H. The molecule has 4 nitrogen and oxygen atoms in total. The second-order valence-corrected chi connectivity index (χ2v) is 5.73. The summed E-state index contributed by atoms with van der Waals surface area (Å²) in [6, 6.07) is 6.45. The highest BCUT2D eigenvalue weighted by Crippen LogP contribution is 2.36. The number of hydrogen-bond donors (Lipinski definition) is 1. The van der Waals surface area contributed by atoms with Crippen LogP contribution in [0.25, 0.3) is 5.57 Å². The number of carbonyl (C=O) groups excluding carboxylic acids is 2. The van der Waals surface area contributed by atoms with E-state index in [1.54, 1.807) is 0 Å². The number of hydrogen-bond acceptors (Lipinski definition) is 3. The molecule has 2 amide bonds. The predicted octanol–water partition coefficient (Wildman–Crippen LogP) is 4.11. The molecule has 0 atom stereocenters. The molecule has 0 radical (unpaired) electrons. The summed E-state index contributed by atoms with van der Waals surface area (Å²) in [5.41, 5.74) is -0.787. The van der Waals surface area contributed by atoms with Crippen molar-refractivity contribution in [3.63, 3.8) is 0 Å². The second kappa shape index (κ2) is 5.89. The van der Waals surface area contributed by atoms with Crippen LogP contribution in [0.15, 0.2) is 42.2 Å². The zero-order valence-corrected chi connectivity index (χ0v) is 13.2. The zero-order valence-electron chi connectivity index (χ0n) is 11.7. The summed E-state index contributed by atoms with van der Waals surface area (Å²) in [5.74, 6) is -4.98. The van der Waals surface area contributed by atoms with Gasteiger partial charge in [0.05, 0.1) is 16.3 Å². The summed E-state index contributed by atoms with van der Waals surface area (Å²) in [7, 11) is 0. The van der Waals surface area contributed by atoms with E-state index in [0.29, 0.717) is 16.0 Å². The molecule has 0 aromatic heterocycles. The van der Waals surface area contributed by atoms with Crippen molar-refractivity contribution < 1.29 is 23.5 Å². The van der Waals surface area contributed by atoms with E-state index in [2.05, 4.69) is 0 Å². The Morgan fingerprint density at radius 3 is 2.29 bits per heavy atom. The van der Waals surface area contributed by atoms with E-state index in [9.17, 15) is 23.5 Å². The van der Waals surface area contributed by atoms with Gasteiger partial charge in [-0.25, -0.2) is 13.7 Å². The molecular formula is C16H7Cl2F2NO3. The van der Waals surface area contributed by atoms with Gasteiger partial charge in [0.1, 0.15) is 11.6 Å². The lowest BCUT2D eigenvalue weighted by Crippen LogP contribution is -2.32. The third kappa shape index (κ3) is 2.53. The monoisotopic (exact) mass is 369 g/mol. The number of aliphatic hydroxyl groups excluding tert-OH is 1. The quantitative estimate of drug-likeness (QED) is 0.810. The molecule has 122 valence electrons. The first-order chi connectivity index (χ1) is 11.3. The number of imide groups is 1. The first kappa shape index (κ1) is 16.4. The lowest BCUT2D eigenvalue weighted by Gasteiger charge is -2.15. The maximum absolute atomic E-state index is 13.9. The molecule has 8 heteroatoms. The second-order valence-electron chi connectivity index (χ2n) is 4.89. The van der Waals surface area contributed by atoms with Crippen molar-refractivity contribution in [3.8, 4) is 0 Å². The number of anilines is 1. The van der Waals surface area contributed by atoms with Crippen LogP contribution >= 0.6 is 23.2 Å². The lowest BCUT2D eigenvalue weighted by molar-refractivity contribution is -0.121. The van der Waals surface area contributed by atoms with Crippen LogP contribution in [0, 0.1) is 11.6 Å². The molecule has 1 aliphatic heterocycles. The van der Waals surface area contributed by atoms with Gasteiger partial charge in [-0.05, 0) is 24.3 Å². The predicted molar refractivity (Wildman–Crippen MR) is 84.9 cm³/mol. The normalized spacial score (nSPS) is 14.8. The highest BCUT2D eigenvalue weighted by Gasteiger charge is 2.42. The van der Waals surface area contributed by atoms with E-state index in [0.717, 1.165) is 12.1 Å².